The summed E-state index contributed by atoms with van der Waals surface area (Å²) in [5.41, 5.74) is -0.142. The maximum absolute atomic E-state index is 8.56. The second kappa shape index (κ2) is 18.1. The molecule has 0 aliphatic carbocycles. The van der Waals surface area contributed by atoms with Crippen LogP contribution in [-0.2, 0) is 18.9 Å². The van der Waals surface area contributed by atoms with Gasteiger partial charge >= 0.3 is 0 Å². The summed E-state index contributed by atoms with van der Waals surface area (Å²) in [5.74, 6) is 0.833. The summed E-state index contributed by atoms with van der Waals surface area (Å²) in [6, 6.07) is 0. The van der Waals surface area contributed by atoms with Gasteiger partial charge in [-0.1, -0.05) is 20.8 Å². The van der Waals surface area contributed by atoms with Gasteiger partial charge in [0.1, 0.15) is 13.6 Å². The number of aliphatic hydroxyl groups is 1. The first kappa shape index (κ1) is 25.0. The third kappa shape index (κ3) is 34.2. The van der Waals surface area contributed by atoms with Crippen LogP contribution in [-0.4, -0.2) is 50.7 Å². The van der Waals surface area contributed by atoms with Gasteiger partial charge in [-0.2, -0.15) is 0 Å². The molecule has 0 fully saturated rings. The second-order valence-corrected chi connectivity index (χ2v) is 7.09. The highest BCUT2D eigenvalue weighted by Gasteiger charge is 2.08. The molecule has 0 aliphatic rings. The molecule has 0 heterocycles. The first-order valence-electron chi connectivity index (χ1n) is 8.77. The van der Waals surface area contributed by atoms with Crippen LogP contribution >= 0.6 is 0 Å². The Morgan fingerprint density at radius 3 is 1.52 bits per heavy atom. The third-order valence-corrected chi connectivity index (χ3v) is 2.27. The van der Waals surface area contributed by atoms with Crippen molar-refractivity contribution in [2.24, 2.45) is 5.92 Å². The van der Waals surface area contributed by atoms with Crippen LogP contribution in [0, 0.1) is 5.92 Å². The zero-order valence-electron chi connectivity index (χ0n) is 16.2. The van der Waals surface area contributed by atoms with E-state index in [0.29, 0.717) is 33.4 Å². The van der Waals surface area contributed by atoms with Crippen molar-refractivity contribution < 1.29 is 24.1 Å². The Morgan fingerprint density at radius 2 is 1.13 bits per heavy atom. The van der Waals surface area contributed by atoms with Gasteiger partial charge in [0, 0.05) is 26.4 Å². The Labute approximate surface area is 143 Å². The molecule has 5 nitrogen and oxygen atoms in total. The van der Waals surface area contributed by atoms with Crippen molar-refractivity contribution in [2.75, 3.05) is 40.0 Å². The molecular formula is C18H40O5. The minimum absolute atomic E-state index is 0.142. The fraction of sp³-hybridized carbons (Fsp3) is 1.00. The van der Waals surface area contributed by atoms with Crippen molar-refractivity contribution in [2.45, 2.75) is 72.8 Å². The molecule has 0 aliphatic heterocycles. The van der Waals surface area contributed by atoms with E-state index in [0.717, 1.165) is 31.6 Å². The number of hydrogen-bond acceptors (Lipinski definition) is 5. The minimum atomic E-state index is -0.142. The van der Waals surface area contributed by atoms with E-state index in [2.05, 4.69) is 20.8 Å². The normalized spacial score (nSPS) is 11.5. The van der Waals surface area contributed by atoms with Crippen LogP contribution in [0.2, 0.25) is 0 Å². The molecule has 5 heteroatoms. The lowest BCUT2D eigenvalue weighted by atomic mass is 10.2. The molecule has 0 unspecified atom stereocenters. The van der Waals surface area contributed by atoms with Gasteiger partial charge in [-0.3, -0.25) is 0 Å². The van der Waals surface area contributed by atoms with E-state index in [-0.39, 0.29) is 12.2 Å². The largest absolute Gasteiger partial charge is 0.396 e. The molecule has 0 rings (SSSR count). The molecule has 142 valence electrons. The van der Waals surface area contributed by atoms with E-state index >= 15 is 0 Å². The van der Waals surface area contributed by atoms with Gasteiger partial charge in [0.2, 0.25) is 0 Å². The predicted octanol–water partition coefficient (Wildman–Crippen LogP) is 3.98. The van der Waals surface area contributed by atoms with Crippen LogP contribution in [0.15, 0.2) is 0 Å². The maximum atomic E-state index is 8.56. The lowest BCUT2D eigenvalue weighted by Gasteiger charge is -2.19. The Kier molecular flexibility index (Phi) is 19.8. The lowest BCUT2D eigenvalue weighted by Crippen LogP contribution is -2.21. The van der Waals surface area contributed by atoms with Gasteiger partial charge in [0.25, 0.3) is 0 Å². The molecule has 23 heavy (non-hydrogen) atoms. The number of ether oxygens (including phenoxy) is 4. The molecule has 0 aromatic carbocycles. The van der Waals surface area contributed by atoms with E-state index in [4.69, 9.17) is 24.1 Å². The van der Waals surface area contributed by atoms with E-state index in [1.165, 1.54) is 0 Å². The first-order valence-corrected chi connectivity index (χ1v) is 8.77. The monoisotopic (exact) mass is 336 g/mol. The zero-order chi connectivity index (χ0) is 18.0. The molecule has 0 amide bonds. The standard InChI is InChI=1S/C14H30O5.C4H10/c1-14(2,3)19-13-18-11-7-6-10-17-12-16-9-5-4-8-15;1-4(2)3/h15H,4-13H2,1-3H3;4H,1-3H3. The Bertz CT molecular complexity index is 211. The summed E-state index contributed by atoms with van der Waals surface area (Å²) in [6.45, 7) is 15.4. The van der Waals surface area contributed by atoms with Crippen LogP contribution in [0.4, 0.5) is 0 Å². The van der Waals surface area contributed by atoms with Gasteiger partial charge in [-0.15, -0.1) is 0 Å². The number of aliphatic hydroxyl groups excluding tert-OH is 1. The lowest BCUT2D eigenvalue weighted by molar-refractivity contribution is -0.121. The van der Waals surface area contributed by atoms with Crippen molar-refractivity contribution in [3.05, 3.63) is 0 Å². The first-order chi connectivity index (χ1) is 10.8. The summed E-state index contributed by atoms with van der Waals surface area (Å²) in [5, 5.41) is 8.56. The van der Waals surface area contributed by atoms with E-state index < -0.39 is 0 Å². The summed E-state index contributed by atoms with van der Waals surface area (Å²) in [6.07, 6.45) is 3.57. The molecule has 0 aromatic rings. The molecule has 0 atom stereocenters. The molecular weight excluding hydrogens is 296 g/mol. The van der Waals surface area contributed by atoms with Crippen molar-refractivity contribution in [3.63, 3.8) is 0 Å². The quantitative estimate of drug-likeness (QED) is 0.407. The van der Waals surface area contributed by atoms with Gasteiger partial charge in [-0.25, -0.2) is 0 Å². The van der Waals surface area contributed by atoms with Crippen LogP contribution < -0.4 is 0 Å². The van der Waals surface area contributed by atoms with E-state index in [1.807, 2.05) is 20.8 Å². The van der Waals surface area contributed by atoms with Crippen LogP contribution in [0.25, 0.3) is 0 Å². The van der Waals surface area contributed by atoms with Crippen molar-refractivity contribution >= 4 is 0 Å². The van der Waals surface area contributed by atoms with E-state index in [1.54, 1.807) is 0 Å². The van der Waals surface area contributed by atoms with Crippen molar-refractivity contribution in [1.29, 1.82) is 0 Å². The third-order valence-electron chi connectivity index (χ3n) is 2.27. The van der Waals surface area contributed by atoms with Gasteiger partial charge in [0.05, 0.1) is 5.60 Å². The number of unbranched alkanes of at least 4 members (excludes halogenated alkanes) is 2. The molecule has 0 radical (unpaired) electrons. The zero-order valence-corrected chi connectivity index (χ0v) is 16.2. The average Bonchev–Trinajstić information content (AvgIpc) is 2.42. The predicted molar refractivity (Wildman–Crippen MR) is 94.5 cm³/mol. The smallest absolute Gasteiger partial charge is 0.147 e. The summed E-state index contributed by atoms with van der Waals surface area (Å²) >= 11 is 0. The van der Waals surface area contributed by atoms with Gasteiger partial charge < -0.3 is 24.1 Å². The fourth-order valence-corrected chi connectivity index (χ4v) is 1.18. The van der Waals surface area contributed by atoms with Gasteiger partial charge in [-0.05, 0) is 52.4 Å². The van der Waals surface area contributed by atoms with Crippen LogP contribution in [0.1, 0.15) is 67.2 Å². The topological polar surface area (TPSA) is 57.2 Å². The second-order valence-electron chi connectivity index (χ2n) is 7.09. The summed E-state index contributed by atoms with van der Waals surface area (Å²) < 4.78 is 21.3. The Morgan fingerprint density at radius 1 is 0.739 bits per heavy atom. The molecule has 1 N–H and O–H groups in total. The highest BCUT2D eigenvalue weighted by atomic mass is 16.7. The molecule has 0 spiro atoms. The van der Waals surface area contributed by atoms with Crippen LogP contribution in [0.3, 0.4) is 0 Å². The van der Waals surface area contributed by atoms with Gasteiger partial charge in [0.15, 0.2) is 0 Å². The molecule has 0 bridgehead atoms. The van der Waals surface area contributed by atoms with Crippen molar-refractivity contribution in [1.82, 2.24) is 0 Å². The number of rotatable bonds is 13. The minimum Gasteiger partial charge on any atom is -0.396 e. The Hall–Kier alpha value is -0.200. The number of hydrogen-bond donors (Lipinski definition) is 1. The summed E-state index contributed by atoms with van der Waals surface area (Å²) in [7, 11) is 0. The van der Waals surface area contributed by atoms with Crippen LogP contribution in [0.5, 0.6) is 0 Å². The van der Waals surface area contributed by atoms with Crippen molar-refractivity contribution in [3.8, 4) is 0 Å². The van der Waals surface area contributed by atoms with E-state index in [9.17, 15) is 0 Å². The Balaban J connectivity index is 0. The highest BCUT2D eigenvalue weighted by Crippen LogP contribution is 2.06. The summed E-state index contributed by atoms with van der Waals surface area (Å²) in [4.78, 5) is 0. The molecule has 0 aromatic heterocycles. The molecule has 0 saturated carbocycles. The SMILES string of the molecule is CC(C)(C)OCOCCCCOCOCCCCO.CC(C)C. The fourth-order valence-electron chi connectivity index (χ4n) is 1.18. The maximum Gasteiger partial charge on any atom is 0.147 e. The molecule has 0 saturated heterocycles. The average molecular weight is 337 g/mol. The highest BCUT2D eigenvalue weighted by molar-refractivity contribution is 4.56.